The number of rotatable bonds is 3. The molecule has 0 aliphatic carbocycles. The minimum absolute atomic E-state index is 0.0200. The van der Waals surface area contributed by atoms with Crippen molar-refractivity contribution in [1.29, 1.82) is 0 Å². The Morgan fingerprint density at radius 3 is 2.95 bits per heavy atom. The van der Waals surface area contributed by atoms with E-state index >= 15 is 0 Å². The number of piperazine rings is 1. The van der Waals surface area contributed by atoms with Crippen LogP contribution in [0.25, 0.3) is 0 Å². The van der Waals surface area contributed by atoms with Crippen molar-refractivity contribution in [2.45, 2.75) is 26.3 Å². The number of amides is 2. The fourth-order valence-electron chi connectivity index (χ4n) is 2.29. The van der Waals surface area contributed by atoms with E-state index in [1.807, 2.05) is 11.8 Å². The Hall–Kier alpha value is -1.88. The molecule has 1 atom stereocenters. The number of hydrogen-bond donors (Lipinski definition) is 2. The van der Waals surface area contributed by atoms with Gasteiger partial charge >= 0.3 is 0 Å². The van der Waals surface area contributed by atoms with Crippen molar-refractivity contribution in [3.8, 4) is 0 Å². The number of nitrogens with zero attached hydrogens (tertiary/aromatic N) is 1. The molecule has 2 rings (SSSR count). The van der Waals surface area contributed by atoms with Gasteiger partial charge in [-0.05, 0) is 25.1 Å². The Morgan fingerprint density at radius 2 is 2.25 bits per heavy atom. The van der Waals surface area contributed by atoms with E-state index in [0.29, 0.717) is 24.2 Å². The molecule has 5 nitrogen and oxygen atoms in total. The Morgan fingerprint density at radius 1 is 1.45 bits per heavy atom. The van der Waals surface area contributed by atoms with E-state index < -0.39 is 0 Å². The monoisotopic (exact) mass is 275 g/mol. The summed E-state index contributed by atoms with van der Waals surface area (Å²) < 4.78 is 0. The number of hydrogen-bond acceptors (Lipinski definition) is 3. The Labute approximate surface area is 119 Å². The zero-order valence-electron chi connectivity index (χ0n) is 12.0. The predicted octanol–water partition coefficient (Wildman–Crippen LogP) is 1.47. The lowest BCUT2D eigenvalue weighted by Gasteiger charge is -2.34. The molecule has 0 spiro atoms. The van der Waals surface area contributed by atoms with Gasteiger partial charge < -0.3 is 15.5 Å². The first-order valence-corrected chi connectivity index (χ1v) is 7.03. The summed E-state index contributed by atoms with van der Waals surface area (Å²) >= 11 is 0. The van der Waals surface area contributed by atoms with Crippen molar-refractivity contribution in [2.75, 3.05) is 25.0 Å². The smallest absolute Gasteiger partial charge is 0.254 e. The molecular weight excluding hydrogens is 254 g/mol. The van der Waals surface area contributed by atoms with Crippen LogP contribution in [0.4, 0.5) is 5.69 Å². The van der Waals surface area contributed by atoms with Crippen LogP contribution in [0.1, 0.15) is 30.6 Å². The lowest BCUT2D eigenvalue weighted by atomic mass is 10.1. The first kappa shape index (κ1) is 14.5. The molecule has 1 saturated heterocycles. The van der Waals surface area contributed by atoms with Gasteiger partial charge in [-0.2, -0.15) is 0 Å². The zero-order chi connectivity index (χ0) is 14.5. The van der Waals surface area contributed by atoms with Gasteiger partial charge in [-0.3, -0.25) is 9.59 Å². The maximum Gasteiger partial charge on any atom is 0.254 e. The Balaban J connectivity index is 2.13. The molecule has 108 valence electrons. The second-order valence-corrected chi connectivity index (χ2v) is 5.03. The topological polar surface area (TPSA) is 61.4 Å². The minimum Gasteiger partial charge on any atom is -0.333 e. The largest absolute Gasteiger partial charge is 0.333 e. The van der Waals surface area contributed by atoms with Crippen LogP contribution in [0.3, 0.4) is 0 Å². The van der Waals surface area contributed by atoms with Crippen LogP contribution in [0.15, 0.2) is 24.3 Å². The van der Waals surface area contributed by atoms with Crippen LogP contribution in [-0.4, -0.2) is 42.4 Å². The van der Waals surface area contributed by atoms with E-state index in [2.05, 4.69) is 10.6 Å². The third-order valence-corrected chi connectivity index (χ3v) is 3.48. The maximum atomic E-state index is 12.5. The number of carbonyl (C=O) groups is 2. The highest BCUT2D eigenvalue weighted by Crippen LogP contribution is 2.15. The van der Waals surface area contributed by atoms with E-state index in [1.54, 1.807) is 31.2 Å². The second kappa shape index (κ2) is 6.52. The summed E-state index contributed by atoms with van der Waals surface area (Å²) in [5.41, 5.74) is 1.29. The minimum atomic E-state index is -0.0508. The molecule has 1 heterocycles. The third kappa shape index (κ3) is 3.36. The second-order valence-electron chi connectivity index (χ2n) is 5.03. The average molecular weight is 275 g/mol. The van der Waals surface area contributed by atoms with Gasteiger partial charge in [0.05, 0.1) is 0 Å². The van der Waals surface area contributed by atoms with Crippen LogP contribution >= 0.6 is 0 Å². The standard InChI is InChI=1S/C15H21N3O2/c1-3-14(19)17-13-6-4-5-12(9-13)15(20)18-8-7-16-10-11(18)2/h4-6,9,11,16H,3,7-8,10H2,1-2H3,(H,17,19). The van der Waals surface area contributed by atoms with Gasteiger partial charge in [-0.15, -0.1) is 0 Å². The lowest BCUT2D eigenvalue weighted by molar-refractivity contribution is -0.115. The molecule has 1 aromatic carbocycles. The van der Waals surface area contributed by atoms with Crippen LogP contribution in [0.2, 0.25) is 0 Å². The fraction of sp³-hybridized carbons (Fsp3) is 0.467. The number of anilines is 1. The van der Waals surface area contributed by atoms with Gasteiger partial charge in [0.2, 0.25) is 5.91 Å². The highest BCUT2D eigenvalue weighted by atomic mass is 16.2. The lowest BCUT2D eigenvalue weighted by Crippen LogP contribution is -2.52. The first-order chi connectivity index (χ1) is 9.61. The summed E-state index contributed by atoms with van der Waals surface area (Å²) in [6.45, 7) is 6.19. The quantitative estimate of drug-likeness (QED) is 0.878. The van der Waals surface area contributed by atoms with Crippen molar-refractivity contribution < 1.29 is 9.59 Å². The number of benzene rings is 1. The van der Waals surface area contributed by atoms with E-state index in [-0.39, 0.29) is 17.9 Å². The van der Waals surface area contributed by atoms with E-state index in [1.165, 1.54) is 0 Å². The van der Waals surface area contributed by atoms with Crippen molar-refractivity contribution in [3.63, 3.8) is 0 Å². The average Bonchev–Trinajstić information content (AvgIpc) is 2.47. The van der Waals surface area contributed by atoms with Gasteiger partial charge in [-0.1, -0.05) is 13.0 Å². The normalized spacial score (nSPS) is 18.7. The van der Waals surface area contributed by atoms with Crippen LogP contribution in [0.5, 0.6) is 0 Å². The summed E-state index contributed by atoms with van der Waals surface area (Å²) in [6, 6.07) is 7.31. The Kier molecular flexibility index (Phi) is 4.74. The summed E-state index contributed by atoms with van der Waals surface area (Å²) in [6.07, 6.45) is 0.424. The molecule has 5 heteroatoms. The van der Waals surface area contributed by atoms with Crippen LogP contribution in [0, 0.1) is 0 Å². The van der Waals surface area contributed by atoms with E-state index in [4.69, 9.17) is 0 Å². The maximum absolute atomic E-state index is 12.5. The molecule has 1 aromatic rings. The highest BCUT2D eigenvalue weighted by Gasteiger charge is 2.24. The summed E-state index contributed by atoms with van der Waals surface area (Å²) in [5, 5.41) is 6.04. The van der Waals surface area contributed by atoms with E-state index in [9.17, 15) is 9.59 Å². The molecule has 0 bridgehead atoms. The van der Waals surface area contributed by atoms with E-state index in [0.717, 1.165) is 13.1 Å². The zero-order valence-corrected chi connectivity index (χ0v) is 12.0. The molecule has 1 aliphatic heterocycles. The van der Waals surface area contributed by atoms with Crippen molar-refractivity contribution in [2.24, 2.45) is 0 Å². The molecule has 2 amide bonds. The van der Waals surface area contributed by atoms with Crippen molar-refractivity contribution in [1.82, 2.24) is 10.2 Å². The molecule has 0 aromatic heterocycles. The molecule has 20 heavy (non-hydrogen) atoms. The van der Waals surface area contributed by atoms with Crippen molar-refractivity contribution >= 4 is 17.5 Å². The van der Waals surface area contributed by atoms with Crippen molar-refractivity contribution in [3.05, 3.63) is 29.8 Å². The molecule has 1 fully saturated rings. The Bertz CT molecular complexity index is 502. The van der Waals surface area contributed by atoms with Crippen LogP contribution < -0.4 is 10.6 Å². The number of carbonyl (C=O) groups excluding carboxylic acids is 2. The van der Waals surface area contributed by atoms with Crippen LogP contribution in [-0.2, 0) is 4.79 Å². The number of nitrogens with one attached hydrogen (secondary N) is 2. The first-order valence-electron chi connectivity index (χ1n) is 7.03. The molecule has 0 radical (unpaired) electrons. The van der Waals surface area contributed by atoms with Gasteiger partial charge in [-0.25, -0.2) is 0 Å². The SMILES string of the molecule is CCC(=O)Nc1cccc(C(=O)N2CCNCC2C)c1. The fourth-order valence-corrected chi connectivity index (χ4v) is 2.29. The predicted molar refractivity (Wildman–Crippen MR) is 78.7 cm³/mol. The molecule has 2 N–H and O–H groups in total. The van der Waals surface area contributed by atoms with Gasteiger partial charge in [0, 0.05) is 43.3 Å². The molecule has 0 saturated carbocycles. The summed E-state index contributed by atoms with van der Waals surface area (Å²) in [4.78, 5) is 25.8. The highest BCUT2D eigenvalue weighted by molar-refractivity contribution is 5.97. The van der Waals surface area contributed by atoms with Gasteiger partial charge in [0.1, 0.15) is 0 Å². The molecular formula is C15H21N3O2. The van der Waals surface area contributed by atoms with Gasteiger partial charge in [0.25, 0.3) is 5.91 Å². The van der Waals surface area contributed by atoms with Gasteiger partial charge in [0.15, 0.2) is 0 Å². The molecule has 1 aliphatic rings. The molecule has 1 unspecified atom stereocenters. The summed E-state index contributed by atoms with van der Waals surface area (Å²) in [5.74, 6) is -0.0308. The third-order valence-electron chi connectivity index (χ3n) is 3.48. The summed E-state index contributed by atoms with van der Waals surface area (Å²) in [7, 11) is 0.